The molecule has 0 N–H and O–H groups in total. The number of hydrogen-bond donors (Lipinski definition) is 0. The summed E-state index contributed by atoms with van der Waals surface area (Å²) in [6.07, 6.45) is 7.01. The van der Waals surface area contributed by atoms with E-state index in [0.717, 1.165) is 16.9 Å². The molecule has 0 radical (unpaired) electrons. The van der Waals surface area contributed by atoms with E-state index in [4.69, 9.17) is 28.1 Å². The monoisotopic (exact) mass is 395 g/mol. The van der Waals surface area contributed by atoms with Crippen LogP contribution in [0, 0.1) is 12.3 Å². The molecule has 1 amide bonds. The fourth-order valence-corrected chi connectivity index (χ4v) is 3.74. The van der Waals surface area contributed by atoms with E-state index in [-0.39, 0.29) is 12.5 Å². The Labute approximate surface area is 168 Å². The summed E-state index contributed by atoms with van der Waals surface area (Å²) >= 11 is 6.70. The predicted molar refractivity (Wildman–Crippen MR) is 112 cm³/mol. The Hall–Kier alpha value is -2.75. The average molecular weight is 396 g/mol. The summed E-state index contributed by atoms with van der Waals surface area (Å²) in [4.78, 5) is 14.9. The first-order valence-corrected chi connectivity index (χ1v) is 9.38. The van der Waals surface area contributed by atoms with Crippen molar-refractivity contribution >= 4 is 40.3 Å². The molecular weight excluding hydrogens is 378 g/mol. The maximum atomic E-state index is 12.7. The molecule has 0 bridgehead atoms. The van der Waals surface area contributed by atoms with E-state index in [1.807, 2.05) is 54.6 Å². The summed E-state index contributed by atoms with van der Waals surface area (Å²) in [7, 11) is 1.62. The van der Waals surface area contributed by atoms with Gasteiger partial charge in [0.15, 0.2) is 0 Å². The van der Waals surface area contributed by atoms with Gasteiger partial charge in [-0.1, -0.05) is 54.2 Å². The van der Waals surface area contributed by atoms with Gasteiger partial charge in [-0.3, -0.25) is 9.69 Å². The van der Waals surface area contributed by atoms with Crippen molar-refractivity contribution in [1.29, 1.82) is 0 Å². The van der Waals surface area contributed by atoms with Gasteiger partial charge in [-0.2, -0.15) is 0 Å². The summed E-state index contributed by atoms with van der Waals surface area (Å²) in [5, 5.41) is 0. The number of methoxy groups -OCH3 is 1. The van der Waals surface area contributed by atoms with Gasteiger partial charge in [0.05, 0.1) is 18.6 Å². The second-order valence-corrected chi connectivity index (χ2v) is 7.35. The van der Waals surface area contributed by atoms with Crippen LogP contribution < -0.4 is 9.47 Å². The molecule has 0 unspecified atom stereocenters. The van der Waals surface area contributed by atoms with Gasteiger partial charge in [-0.15, -0.1) is 6.42 Å². The number of ether oxygens (including phenoxy) is 2. The largest absolute Gasteiger partial charge is 0.497 e. The average Bonchev–Trinajstić information content (AvgIpc) is 2.95. The van der Waals surface area contributed by atoms with Crippen LogP contribution in [0.5, 0.6) is 11.5 Å². The molecule has 0 saturated carbocycles. The van der Waals surface area contributed by atoms with E-state index in [0.29, 0.717) is 21.5 Å². The summed E-state index contributed by atoms with van der Waals surface area (Å²) < 4.78 is 11.1. The van der Waals surface area contributed by atoms with Crippen LogP contribution in [-0.4, -0.2) is 28.8 Å². The minimum atomic E-state index is -0.0894. The van der Waals surface area contributed by atoms with Crippen molar-refractivity contribution in [3.05, 3.63) is 64.6 Å². The molecule has 1 heterocycles. The molecule has 0 aromatic heterocycles. The maximum Gasteiger partial charge on any atom is 0.266 e. The number of nitrogens with zero attached hydrogens (tertiary/aromatic N) is 1. The van der Waals surface area contributed by atoms with Crippen LogP contribution in [0.4, 0.5) is 0 Å². The first-order chi connectivity index (χ1) is 13.1. The lowest BCUT2D eigenvalue weighted by atomic mass is 10.2. The fraction of sp³-hybridized carbons (Fsp3) is 0.143. The van der Waals surface area contributed by atoms with Crippen molar-refractivity contribution in [1.82, 2.24) is 4.90 Å². The van der Waals surface area contributed by atoms with Crippen LogP contribution in [0.2, 0.25) is 0 Å². The molecule has 2 aromatic carbocycles. The molecule has 136 valence electrons. The van der Waals surface area contributed by atoms with Crippen LogP contribution in [0.15, 0.2) is 53.4 Å². The van der Waals surface area contributed by atoms with Crippen molar-refractivity contribution < 1.29 is 14.3 Å². The van der Waals surface area contributed by atoms with Crippen LogP contribution in [0.25, 0.3) is 6.08 Å². The second-order valence-electron chi connectivity index (χ2n) is 5.68. The van der Waals surface area contributed by atoms with Crippen LogP contribution in [0.3, 0.4) is 0 Å². The zero-order valence-electron chi connectivity index (χ0n) is 14.7. The summed E-state index contributed by atoms with van der Waals surface area (Å²) in [6.45, 7) is 0.661. The number of rotatable bonds is 6. The van der Waals surface area contributed by atoms with Gasteiger partial charge in [0, 0.05) is 0 Å². The fourth-order valence-electron chi connectivity index (χ4n) is 2.49. The van der Waals surface area contributed by atoms with Crippen molar-refractivity contribution in [3.63, 3.8) is 0 Å². The SMILES string of the molecule is C#CCOc1ccc(/C=C2\SC(=S)N(Cc3ccc(OC)cc3)C2=O)cc1. The van der Waals surface area contributed by atoms with E-state index in [9.17, 15) is 4.79 Å². The molecule has 6 heteroatoms. The summed E-state index contributed by atoms with van der Waals surface area (Å²) in [5.74, 6) is 3.80. The second kappa shape index (κ2) is 8.76. The van der Waals surface area contributed by atoms with Crippen molar-refractivity contribution in [2.24, 2.45) is 0 Å². The van der Waals surface area contributed by atoms with Gasteiger partial charge in [-0.25, -0.2) is 0 Å². The van der Waals surface area contributed by atoms with Gasteiger partial charge in [0.25, 0.3) is 5.91 Å². The molecule has 27 heavy (non-hydrogen) atoms. The first kappa shape index (κ1) is 19.0. The molecule has 1 fully saturated rings. The van der Waals surface area contributed by atoms with Gasteiger partial charge in [0.2, 0.25) is 0 Å². The van der Waals surface area contributed by atoms with Crippen molar-refractivity contribution in [2.45, 2.75) is 6.54 Å². The lowest BCUT2D eigenvalue weighted by Gasteiger charge is -2.14. The molecule has 1 aliphatic rings. The van der Waals surface area contributed by atoms with Gasteiger partial charge in [-0.05, 0) is 41.5 Å². The Balaban J connectivity index is 1.71. The van der Waals surface area contributed by atoms with Gasteiger partial charge in [0.1, 0.15) is 22.4 Å². The van der Waals surface area contributed by atoms with Crippen molar-refractivity contribution in [3.8, 4) is 23.8 Å². The van der Waals surface area contributed by atoms with Crippen LogP contribution in [0.1, 0.15) is 11.1 Å². The number of benzene rings is 2. The summed E-state index contributed by atoms with van der Waals surface area (Å²) in [6, 6.07) is 15.0. The number of thiocarbonyl (C=S) groups is 1. The third-order valence-electron chi connectivity index (χ3n) is 3.87. The van der Waals surface area contributed by atoms with Gasteiger partial charge < -0.3 is 9.47 Å². The molecule has 1 saturated heterocycles. The molecule has 1 aliphatic heterocycles. The number of hydrogen-bond acceptors (Lipinski definition) is 5. The molecule has 0 aliphatic carbocycles. The topological polar surface area (TPSA) is 38.8 Å². The Morgan fingerprint density at radius 3 is 2.44 bits per heavy atom. The summed E-state index contributed by atoms with van der Waals surface area (Å²) in [5.41, 5.74) is 1.89. The minimum Gasteiger partial charge on any atom is -0.497 e. The highest BCUT2D eigenvalue weighted by molar-refractivity contribution is 8.26. The van der Waals surface area contributed by atoms with Crippen molar-refractivity contribution in [2.75, 3.05) is 13.7 Å². The third-order valence-corrected chi connectivity index (χ3v) is 5.25. The quantitative estimate of drug-likeness (QED) is 0.418. The van der Waals surface area contributed by atoms with Gasteiger partial charge >= 0.3 is 0 Å². The molecule has 0 atom stereocenters. The molecule has 4 nitrogen and oxygen atoms in total. The molecular formula is C21H17NO3S2. The molecule has 3 rings (SSSR count). The number of carbonyl (C=O) groups excluding carboxylic acids is 1. The third kappa shape index (κ3) is 4.70. The smallest absolute Gasteiger partial charge is 0.266 e. The van der Waals surface area contributed by atoms with E-state index >= 15 is 0 Å². The number of carbonyl (C=O) groups is 1. The number of amides is 1. The number of terminal acetylenes is 1. The minimum absolute atomic E-state index is 0.0894. The maximum absolute atomic E-state index is 12.7. The van der Waals surface area contributed by atoms with E-state index in [1.165, 1.54) is 11.8 Å². The normalized spacial score (nSPS) is 15.1. The van der Waals surface area contributed by atoms with E-state index in [1.54, 1.807) is 12.0 Å². The highest BCUT2D eigenvalue weighted by atomic mass is 32.2. The Kier molecular flexibility index (Phi) is 6.17. The Bertz CT molecular complexity index is 912. The Morgan fingerprint density at radius 1 is 1.15 bits per heavy atom. The number of thioether (sulfide) groups is 1. The Morgan fingerprint density at radius 2 is 1.81 bits per heavy atom. The van der Waals surface area contributed by atoms with E-state index in [2.05, 4.69) is 5.92 Å². The molecule has 2 aromatic rings. The predicted octanol–water partition coefficient (Wildman–Crippen LogP) is 4.11. The lowest BCUT2D eigenvalue weighted by molar-refractivity contribution is -0.122. The standard InChI is InChI=1S/C21H17NO3S2/c1-3-12-25-18-10-4-15(5-11-18)13-19-20(23)22(21(26)27-19)14-16-6-8-17(24-2)9-7-16/h1,4-11,13H,12,14H2,2H3/b19-13-. The van der Waals surface area contributed by atoms with E-state index < -0.39 is 0 Å². The zero-order valence-corrected chi connectivity index (χ0v) is 16.3. The highest BCUT2D eigenvalue weighted by Gasteiger charge is 2.31. The zero-order chi connectivity index (χ0) is 19.2. The van der Waals surface area contributed by atoms with Crippen LogP contribution in [-0.2, 0) is 11.3 Å². The highest BCUT2D eigenvalue weighted by Crippen LogP contribution is 2.34. The lowest BCUT2D eigenvalue weighted by Crippen LogP contribution is -2.27. The first-order valence-electron chi connectivity index (χ1n) is 8.15. The molecule has 0 spiro atoms. The van der Waals surface area contributed by atoms with Crippen LogP contribution >= 0.6 is 24.0 Å².